The van der Waals surface area contributed by atoms with Crippen molar-refractivity contribution in [2.24, 2.45) is 5.73 Å². The van der Waals surface area contributed by atoms with Crippen LogP contribution in [0.3, 0.4) is 0 Å². The molecule has 0 radical (unpaired) electrons. The highest BCUT2D eigenvalue weighted by atomic mass is 32.1. The van der Waals surface area contributed by atoms with Crippen LogP contribution in [0.2, 0.25) is 0 Å². The van der Waals surface area contributed by atoms with E-state index in [2.05, 4.69) is 10.6 Å². The summed E-state index contributed by atoms with van der Waals surface area (Å²) in [6.07, 6.45) is 3.58. The molecule has 0 saturated heterocycles. The molecule has 0 spiro atoms. The Balaban J connectivity index is 1.41. The number of fused-ring (bicyclic) bond motifs is 1. The molecular formula is C26H25N3O5S. The maximum atomic E-state index is 12.7. The molecule has 0 unspecified atom stereocenters. The molecule has 35 heavy (non-hydrogen) atoms. The van der Waals surface area contributed by atoms with Crippen molar-refractivity contribution in [1.29, 1.82) is 0 Å². The molecule has 3 aromatic rings. The molecule has 4 N–H and O–H groups in total. The van der Waals surface area contributed by atoms with E-state index in [9.17, 15) is 19.2 Å². The van der Waals surface area contributed by atoms with Gasteiger partial charge in [-0.2, -0.15) is 0 Å². The van der Waals surface area contributed by atoms with Gasteiger partial charge >= 0.3 is 5.97 Å². The highest BCUT2D eigenvalue weighted by molar-refractivity contribution is 7.17. The van der Waals surface area contributed by atoms with E-state index >= 15 is 0 Å². The Morgan fingerprint density at radius 2 is 1.77 bits per heavy atom. The molecular weight excluding hydrogens is 466 g/mol. The molecule has 4 rings (SSSR count). The molecule has 1 aromatic heterocycles. The van der Waals surface area contributed by atoms with E-state index in [-0.39, 0.29) is 17.2 Å². The first kappa shape index (κ1) is 24.2. The zero-order valence-corrected chi connectivity index (χ0v) is 20.0. The number of hydrogen-bond donors (Lipinski definition) is 3. The minimum Gasteiger partial charge on any atom is -0.452 e. The third-order valence-electron chi connectivity index (χ3n) is 5.68. The van der Waals surface area contributed by atoms with E-state index in [1.54, 1.807) is 36.4 Å². The number of nitrogens with one attached hydrogen (secondary N) is 2. The number of aryl methyl sites for hydroxylation is 2. The number of hydrogen-bond acceptors (Lipinski definition) is 6. The molecule has 2 aromatic carbocycles. The van der Waals surface area contributed by atoms with Gasteiger partial charge in [0, 0.05) is 10.4 Å². The second kappa shape index (κ2) is 10.5. The van der Waals surface area contributed by atoms with Crippen molar-refractivity contribution in [3.05, 3.63) is 81.2 Å². The Kier molecular flexibility index (Phi) is 7.26. The van der Waals surface area contributed by atoms with Crippen molar-refractivity contribution < 1.29 is 23.9 Å². The van der Waals surface area contributed by atoms with Crippen molar-refractivity contribution in [3.63, 3.8) is 0 Å². The fourth-order valence-electron chi connectivity index (χ4n) is 4.04. The molecule has 3 amide bonds. The van der Waals surface area contributed by atoms with Gasteiger partial charge < -0.3 is 21.1 Å². The van der Waals surface area contributed by atoms with Crippen LogP contribution >= 0.6 is 11.3 Å². The number of para-hydroxylation sites is 1. The maximum absolute atomic E-state index is 12.7. The van der Waals surface area contributed by atoms with Crippen LogP contribution in [0.4, 0.5) is 10.7 Å². The molecule has 0 atom stereocenters. The number of primary amides is 1. The van der Waals surface area contributed by atoms with Crippen LogP contribution in [0.1, 0.15) is 59.9 Å². The van der Waals surface area contributed by atoms with Crippen molar-refractivity contribution in [2.75, 3.05) is 17.2 Å². The second-order valence-corrected chi connectivity index (χ2v) is 9.38. The number of esters is 1. The Labute approximate surface area is 206 Å². The summed E-state index contributed by atoms with van der Waals surface area (Å²) in [5.41, 5.74) is 8.58. The fourth-order valence-corrected chi connectivity index (χ4v) is 5.35. The number of nitrogens with two attached hydrogens (primary N) is 1. The monoisotopic (exact) mass is 491 g/mol. The van der Waals surface area contributed by atoms with Gasteiger partial charge in [-0.25, -0.2) is 4.79 Å². The molecule has 1 aliphatic rings. The third-order valence-corrected chi connectivity index (χ3v) is 6.89. The van der Waals surface area contributed by atoms with Crippen LogP contribution in [-0.2, 0) is 22.4 Å². The molecule has 180 valence electrons. The molecule has 0 fully saturated rings. The number of carbonyl (C=O) groups excluding carboxylic acids is 4. The van der Waals surface area contributed by atoms with Crippen molar-refractivity contribution in [3.8, 4) is 0 Å². The zero-order valence-electron chi connectivity index (χ0n) is 19.2. The number of anilines is 2. The summed E-state index contributed by atoms with van der Waals surface area (Å²) in [5, 5.41) is 5.77. The minimum absolute atomic E-state index is 0.116. The molecule has 0 aliphatic heterocycles. The quantitative estimate of drug-likeness (QED) is 0.429. The van der Waals surface area contributed by atoms with Gasteiger partial charge in [0.05, 0.1) is 16.8 Å². The van der Waals surface area contributed by atoms with E-state index in [4.69, 9.17) is 10.5 Å². The standard InChI is InChI=1S/C26H25N3O5S/c1-15-7-6-8-16(13-15)24(32)28-19-11-4-2-9-17(19)26(33)34-14-21(30)29-25-22(23(27)31)18-10-3-5-12-20(18)35-25/h2,4,6-9,11,13H,3,5,10,12,14H2,1H3,(H2,27,31)(H,28,32)(H,29,30). The first-order chi connectivity index (χ1) is 16.8. The minimum atomic E-state index is -0.763. The van der Waals surface area contributed by atoms with E-state index in [1.807, 2.05) is 13.0 Å². The molecule has 1 aliphatic carbocycles. The third kappa shape index (κ3) is 5.58. The Morgan fingerprint density at radius 1 is 1.00 bits per heavy atom. The average Bonchev–Trinajstić information content (AvgIpc) is 3.20. The average molecular weight is 492 g/mol. The Bertz CT molecular complexity index is 1310. The van der Waals surface area contributed by atoms with Crippen molar-refractivity contribution in [1.82, 2.24) is 0 Å². The summed E-state index contributed by atoms with van der Waals surface area (Å²) < 4.78 is 5.20. The first-order valence-electron chi connectivity index (χ1n) is 11.2. The van der Waals surface area contributed by atoms with Gasteiger partial charge in [-0.15, -0.1) is 11.3 Å². The summed E-state index contributed by atoms with van der Waals surface area (Å²) in [7, 11) is 0. The fraction of sp³-hybridized carbons (Fsp3) is 0.231. The van der Waals surface area contributed by atoms with Crippen molar-refractivity contribution >= 4 is 45.7 Å². The molecule has 9 heteroatoms. The lowest BCUT2D eigenvalue weighted by atomic mass is 9.95. The summed E-state index contributed by atoms with van der Waals surface area (Å²) in [4.78, 5) is 50.9. The van der Waals surface area contributed by atoms with Crippen LogP contribution in [0.25, 0.3) is 0 Å². The van der Waals surface area contributed by atoms with Gasteiger partial charge in [-0.05, 0) is 62.4 Å². The van der Waals surface area contributed by atoms with E-state index in [0.717, 1.165) is 41.7 Å². The number of amides is 3. The van der Waals surface area contributed by atoms with Crippen LogP contribution in [0.15, 0.2) is 48.5 Å². The number of thiophene rings is 1. The molecule has 0 saturated carbocycles. The predicted octanol–water partition coefficient (Wildman–Crippen LogP) is 4.08. The highest BCUT2D eigenvalue weighted by Gasteiger charge is 2.25. The number of carbonyl (C=O) groups is 4. The van der Waals surface area contributed by atoms with Crippen LogP contribution in [0.5, 0.6) is 0 Å². The molecule has 8 nitrogen and oxygen atoms in total. The Morgan fingerprint density at radius 3 is 2.54 bits per heavy atom. The van der Waals surface area contributed by atoms with E-state index < -0.39 is 24.4 Å². The number of ether oxygens (including phenoxy) is 1. The lowest BCUT2D eigenvalue weighted by Gasteiger charge is -2.12. The Hall–Kier alpha value is -3.98. The predicted molar refractivity (Wildman–Crippen MR) is 134 cm³/mol. The maximum Gasteiger partial charge on any atom is 0.340 e. The topological polar surface area (TPSA) is 128 Å². The summed E-state index contributed by atoms with van der Waals surface area (Å²) in [6.45, 7) is 1.32. The molecule has 0 bridgehead atoms. The van der Waals surface area contributed by atoms with Crippen LogP contribution in [0, 0.1) is 6.92 Å². The van der Waals surface area contributed by atoms with E-state index in [1.165, 1.54) is 17.4 Å². The van der Waals surface area contributed by atoms with Crippen LogP contribution < -0.4 is 16.4 Å². The van der Waals surface area contributed by atoms with Crippen LogP contribution in [-0.4, -0.2) is 30.3 Å². The summed E-state index contributed by atoms with van der Waals surface area (Å²) in [6, 6.07) is 13.5. The van der Waals surface area contributed by atoms with Gasteiger partial charge in [-0.1, -0.05) is 29.8 Å². The van der Waals surface area contributed by atoms with Gasteiger partial charge in [0.2, 0.25) is 0 Å². The van der Waals surface area contributed by atoms with Gasteiger partial charge in [0.25, 0.3) is 17.7 Å². The summed E-state index contributed by atoms with van der Waals surface area (Å²) in [5.74, 6) is -2.30. The van der Waals surface area contributed by atoms with Gasteiger partial charge in [-0.3, -0.25) is 14.4 Å². The number of benzene rings is 2. The lowest BCUT2D eigenvalue weighted by Crippen LogP contribution is -2.23. The SMILES string of the molecule is Cc1cccc(C(=O)Nc2ccccc2C(=O)OCC(=O)Nc2sc3c(c2C(N)=O)CCCC3)c1. The van der Waals surface area contributed by atoms with Gasteiger partial charge in [0.15, 0.2) is 6.61 Å². The first-order valence-corrected chi connectivity index (χ1v) is 12.0. The lowest BCUT2D eigenvalue weighted by molar-refractivity contribution is -0.119. The normalized spacial score (nSPS) is 12.4. The smallest absolute Gasteiger partial charge is 0.340 e. The van der Waals surface area contributed by atoms with Crippen molar-refractivity contribution in [2.45, 2.75) is 32.6 Å². The van der Waals surface area contributed by atoms with E-state index in [0.29, 0.717) is 16.1 Å². The number of rotatable bonds is 7. The van der Waals surface area contributed by atoms with Gasteiger partial charge in [0.1, 0.15) is 5.00 Å². The summed E-state index contributed by atoms with van der Waals surface area (Å²) >= 11 is 1.34. The largest absolute Gasteiger partial charge is 0.452 e. The highest BCUT2D eigenvalue weighted by Crippen LogP contribution is 2.37. The zero-order chi connectivity index (χ0) is 24.9. The second-order valence-electron chi connectivity index (χ2n) is 8.27. The molecule has 1 heterocycles.